The maximum atomic E-state index is 12.1. The maximum absolute atomic E-state index is 12.1. The van der Waals surface area contributed by atoms with Crippen LogP contribution in [0.2, 0.25) is 0 Å². The third-order valence-corrected chi connectivity index (χ3v) is 3.25. The lowest BCUT2D eigenvalue weighted by atomic mass is 10.1. The van der Waals surface area contributed by atoms with Crippen molar-refractivity contribution in [1.82, 2.24) is 4.90 Å². The number of nitrogens with zero attached hydrogens (tertiary/aromatic N) is 1. The summed E-state index contributed by atoms with van der Waals surface area (Å²) < 4.78 is 0. The molecule has 0 aliphatic carbocycles. The predicted molar refractivity (Wildman–Crippen MR) is 68.5 cm³/mol. The van der Waals surface area contributed by atoms with Gasteiger partial charge in [-0.05, 0) is 32.2 Å². The lowest BCUT2D eigenvalue weighted by Gasteiger charge is -2.35. The van der Waals surface area contributed by atoms with Crippen LogP contribution in [0.15, 0.2) is 17.5 Å². The average Bonchev–Trinajstić information content (AvgIpc) is 2.64. The predicted octanol–water partition coefficient (Wildman–Crippen LogP) is 1.88. The number of rotatable bonds is 4. The van der Waals surface area contributed by atoms with Gasteiger partial charge in [-0.3, -0.25) is 4.79 Å². The van der Waals surface area contributed by atoms with Gasteiger partial charge in [0, 0.05) is 23.5 Å². The van der Waals surface area contributed by atoms with Gasteiger partial charge in [-0.1, -0.05) is 6.07 Å². The number of carbonyl (C=O) groups excluding carboxylic acids is 1. The molecule has 0 radical (unpaired) electrons. The van der Waals surface area contributed by atoms with Gasteiger partial charge in [0.05, 0.1) is 6.42 Å². The van der Waals surface area contributed by atoms with Crippen molar-refractivity contribution < 1.29 is 4.79 Å². The lowest BCUT2D eigenvalue weighted by molar-refractivity contribution is -0.134. The van der Waals surface area contributed by atoms with Crippen LogP contribution in [0.3, 0.4) is 0 Å². The molecule has 0 aliphatic heterocycles. The second kappa shape index (κ2) is 5.46. The maximum Gasteiger partial charge on any atom is 0.228 e. The molecule has 1 aromatic heterocycles. The molecule has 4 heteroatoms. The van der Waals surface area contributed by atoms with Gasteiger partial charge in [-0.15, -0.1) is 11.3 Å². The lowest BCUT2D eigenvalue weighted by Crippen LogP contribution is -2.48. The number of nitrogens with two attached hydrogens (primary N) is 1. The smallest absolute Gasteiger partial charge is 0.228 e. The molecule has 0 spiro atoms. The molecule has 0 unspecified atom stereocenters. The van der Waals surface area contributed by atoms with Crippen molar-refractivity contribution in [2.45, 2.75) is 32.7 Å². The summed E-state index contributed by atoms with van der Waals surface area (Å²) in [6, 6.07) is 3.96. The van der Waals surface area contributed by atoms with Gasteiger partial charge < -0.3 is 10.6 Å². The topological polar surface area (TPSA) is 46.3 Å². The number of hydrogen-bond donors (Lipinski definition) is 1. The highest BCUT2D eigenvalue weighted by atomic mass is 32.1. The first-order valence-electron chi connectivity index (χ1n) is 5.48. The number of hydrogen-bond acceptors (Lipinski definition) is 3. The summed E-state index contributed by atoms with van der Waals surface area (Å²) in [5, 5.41) is 1.99. The molecule has 0 bridgehead atoms. The Morgan fingerprint density at radius 2 is 2.19 bits per heavy atom. The molecule has 1 rings (SSSR count). The van der Waals surface area contributed by atoms with Crippen LogP contribution >= 0.6 is 11.3 Å². The van der Waals surface area contributed by atoms with Crippen molar-refractivity contribution >= 4 is 17.2 Å². The SMILES string of the molecule is CC(C)(C)N(CCN)C(=O)Cc1cccs1. The van der Waals surface area contributed by atoms with Crippen LogP contribution in [0, 0.1) is 0 Å². The molecule has 0 atom stereocenters. The molecule has 0 saturated heterocycles. The van der Waals surface area contributed by atoms with E-state index in [1.807, 2.05) is 43.2 Å². The fourth-order valence-electron chi connectivity index (χ4n) is 1.62. The average molecular weight is 240 g/mol. The van der Waals surface area contributed by atoms with Crippen LogP contribution in [-0.2, 0) is 11.2 Å². The molecule has 0 fully saturated rings. The molecular weight excluding hydrogens is 220 g/mol. The van der Waals surface area contributed by atoms with Gasteiger partial charge in [0.15, 0.2) is 0 Å². The van der Waals surface area contributed by atoms with Crippen LogP contribution in [0.25, 0.3) is 0 Å². The second-order valence-electron chi connectivity index (χ2n) is 4.76. The van der Waals surface area contributed by atoms with Crippen molar-refractivity contribution in [2.24, 2.45) is 5.73 Å². The Balaban J connectivity index is 2.68. The van der Waals surface area contributed by atoms with E-state index in [-0.39, 0.29) is 11.4 Å². The fourth-order valence-corrected chi connectivity index (χ4v) is 2.32. The van der Waals surface area contributed by atoms with Gasteiger partial charge in [-0.25, -0.2) is 0 Å². The Morgan fingerprint density at radius 3 is 2.62 bits per heavy atom. The molecule has 1 aromatic rings. The Hall–Kier alpha value is -0.870. The van der Waals surface area contributed by atoms with Crippen LogP contribution < -0.4 is 5.73 Å². The molecule has 3 nitrogen and oxygen atoms in total. The standard InChI is InChI=1S/C12H20N2OS/c1-12(2,3)14(7-6-13)11(15)9-10-5-4-8-16-10/h4-5,8H,6-7,9,13H2,1-3H3. The van der Waals surface area contributed by atoms with Crippen LogP contribution in [0.5, 0.6) is 0 Å². The third kappa shape index (κ3) is 3.61. The summed E-state index contributed by atoms with van der Waals surface area (Å²) in [4.78, 5) is 15.1. The first-order valence-corrected chi connectivity index (χ1v) is 6.36. The summed E-state index contributed by atoms with van der Waals surface area (Å²) in [6.45, 7) is 7.24. The first-order chi connectivity index (χ1) is 7.45. The van der Waals surface area contributed by atoms with Crippen LogP contribution in [0.1, 0.15) is 25.6 Å². The molecule has 0 aromatic carbocycles. The summed E-state index contributed by atoms with van der Waals surface area (Å²) >= 11 is 1.62. The molecule has 0 saturated carbocycles. The van der Waals surface area contributed by atoms with Gasteiger partial charge in [-0.2, -0.15) is 0 Å². The van der Waals surface area contributed by atoms with E-state index in [1.165, 1.54) is 0 Å². The monoisotopic (exact) mass is 240 g/mol. The highest BCUT2D eigenvalue weighted by Crippen LogP contribution is 2.16. The zero-order valence-corrected chi connectivity index (χ0v) is 11.0. The Labute approximate surface area is 101 Å². The van der Waals surface area contributed by atoms with E-state index in [9.17, 15) is 4.79 Å². The minimum atomic E-state index is -0.159. The van der Waals surface area contributed by atoms with Gasteiger partial charge in [0.25, 0.3) is 0 Å². The van der Waals surface area contributed by atoms with Crippen molar-refractivity contribution in [1.29, 1.82) is 0 Å². The van der Waals surface area contributed by atoms with Crippen molar-refractivity contribution in [2.75, 3.05) is 13.1 Å². The Kier molecular flexibility index (Phi) is 4.50. The number of carbonyl (C=O) groups is 1. The Morgan fingerprint density at radius 1 is 1.50 bits per heavy atom. The van der Waals surface area contributed by atoms with E-state index in [0.717, 1.165) is 4.88 Å². The van der Waals surface area contributed by atoms with E-state index in [0.29, 0.717) is 19.5 Å². The van der Waals surface area contributed by atoms with Crippen molar-refractivity contribution in [3.63, 3.8) is 0 Å². The molecule has 2 N–H and O–H groups in total. The fraction of sp³-hybridized carbons (Fsp3) is 0.583. The third-order valence-electron chi connectivity index (χ3n) is 2.37. The van der Waals surface area contributed by atoms with Crippen molar-refractivity contribution in [3.05, 3.63) is 22.4 Å². The minimum absolute atomic E-state index is 0.153. The number of thiophene rings is 1. The molecule has 1 heterocycles. The summed E-state index contributed by atoms with van der Waals surface area (Å²) in [5.74, 6) is 0.153. The highest BCUT2D eigenvalue weighted by Gasteiger charge is 2.25. The quantitative estimate of drug-likeness (QED) is 0.873. The second-order valence-corrected chi connectivity index (χ2v) is 5.79. The first kappa shape index (κ1) is 13.2. The molecule has 1 amide bonds. The molecule has 16 heavy (non-hydrogen) atoms. The number of amides is 1. The van der Waals surface area contributed by atoms with E-state index >= 15 is 0 Å². The zero-order valence-electron chi connectivity index (χ0n) is 10.2. The van der Waals surface area contributed by atoms with Crippen LogP contribution in [0.4, 0.5) is 0 Å². The minimum Gasteiger partial charge on any atom is -0.336 e. The van der Waals surface area contributed by atoms with Crippen molar-refractivity contribution in [3.8, 4) is 0 Å². The van der Waals surface area contributed by atoms with E-state index in [4.69, 9.17) is 5.73 Å². The van der Waals surface area contributed by atoms with Crippen LogP contribution in [-0.4, -0.2) is 29.4 Å². The van der Waals surface area contributed by atoms with E-state index in [2.05, 4.69) is 0 Å². The van der Waals surface area contributed by atoms with Gasteiger partial charge >= 0.3 is 0 Å². The molecule has 0 aliphatic rings. The van der Waals surface area contributed by atoms with Gasteiger partial charge in [0.2, 0.25) is 5.91 Å². The summed E-state index contributed by atoms with van der Waals surface area (Å²) in [6.07, 6.45) is 0.481. The van der Waals surface area contributed by atoms with E-state index < -0.39 is 0 Å². The van der Waals surface area contributed by atoms with E-state index in [1.54, 1.807) is 11.3 Å². The van der Waals surface area contributed by atoms with Gasteiger partial charge in [0.1, 0.15) is 0 Å². The Bertz CT molecular complexity index is 327. The largest absolute Gasteiger partial charge is 0.336 e. The summed E-state index contributed by atoms with van der Waals surface area (Å²) in [7, 11) is 0. The molecular formula is C12H20N2OS. The molecule has 90 valence electrons. The normalized spacial score (nSPS) is 11.5. The zero-order chi connectivity index (χ0) is 12.2. The highest BCUT2D eigenvalue weighted by molar-refractivity contribution is 7.10. The summed E-state index contributed by atoms with van der Waals surface area (Å²) in [5.41, 5.74) is 5.39.